The molecule has 0 bridgehead atoms. The van der Waals surface area contributed by atoms with Crippen LogP contribution in [0.25, 0.3) is 16.8 Å². The smallest absolute Gasteiger partial charge is 0.222 e. The molecule has 0 aliphatic carbocycles. The Balaban J connectivity index is 2.07. The van der Waals surface area contributed by atoms with E-state index in [4.69, 9.17) is 11.6 Å². The van der Waals surface area contributed by atoms with Gasteiger partial charge in [-0.15, -0.1) is 0 Å². The Bertz CT molecular complexity index is 915. The summed E-state index contributed by atoms with van der Waals surface area (Å²) < 4.78 is 2.07. The number of nitrogens with one attached hydrogen (secondary N) is 1. The number of amides is 1. The summed E-state index contributed by atoms with van der Waals surface area (Å²) in [5.74, 6) is 0.411. The van der Waals surface area contributed by atoms with Crippen molar-refractivity contribution in [2.75, 3.05) is 5.32 Å². The molecule has 0 radical (unpaired) electrons. The number of hydrogen-bond donors (Lipinski definition) is 1. The van der Waals surface area contributed by atoms with Crippen LogP contribution in [0.4, 0.5) is 5.82 Å². The summed E-state index contributed by atoms with van der Waals surface area (Å²) in [6.07, 6.45) is 3.82. The number of hydrogen-bond acceptors (Lipinski definition) is 2. The highest BCUT2D eigenvalue weighted by molar-refractivity contribution is 6.32. The average Bonchev–Trinajstić information content (AvgIpc) is 2.91. The molecule has 24 heavy (non-hydrogen) atoms. The Kier molecular flexibility index (Phi) is 4.40. The summed E-state index contributed by atoms with van der Waals surface area (Å²) in [5, 5.41) is 3.43. The van der Waals surface area contributed by atoms with Gasteiger partial charge in [-0.05, 0) is 49.2 Å². The highest BCUT2D eigenvalue weighted by Crippen LogP contribution is 2.30. The summed E-state index contributed by atoms with van der Waals surface area (Å²) in [6.45, 7) is 5.51. The molecule has 0 aliphatic heterocycles. The molecule has 1 N–H and O–H groups in total. The number of anilines is 1. The first-order valence-corrected chi connectivity index (χ1v) is 8.02. The van der Waals surface area contributed by atoms with E-state index in [-0.39, 0.29) is 5.91 Å². The van der Waals surface area contributed by atoms with Gasteiger partial charge in [0.1, 0.15) is 5.82 Å². The molecule has 0 fully saturated rings. The second kappa shape index (κ2) is 6.49. The number of carbonyl (C=O) groups excluding carboxylic acids is 1. The van der Waals surface area contributed by atoms with Crippen LogP contribution in [0.1, 0.15) is 18.2 Å². The van der Waals surface area contributed by atoms with Gasteiger partial charge in [0, 0.05) is 30.6 Å². The zero-order valence-electron chi connectivity index (χ0n) is 13.8. The van der Waals surface area contributed by atoms with Crippen LogP contribution in [-0.2, 0) is 4.79 Å². The number of halogens is 1. The standard InChI is InChI=1S/C19H18ClN3O/c1-12-10-21-19(22-14(3)24)9-16(12)15-8-13(2)23(11-15)18-7-5-4-6-17(18)20/h4-11H,1-3H3,(H,21,22,24). The fourth-order valence-corrected chi connectivity index (χ4v) is 2.94. The Morgan fingerprint density at radius 2 is 1.96 bits per heavy atom. The lowest BCUT2D eigenvalue weighted by molar-refractivity contribution is -0.114. The molecule has 122 valence electrons. The SMILES string of the molecule is CC(=O)Nc1cc(-c2cc(C)n(-c3ccccc3Cl)c2)c(C)cn1. The van der Waals surface area contributed by atoms with E-state index < -0.39 is 0 Å². The molecular weight excluding hydrogens is 322 g/mol. The van der Waals surface area contributed by atoms with Gasteiger partial charge in [-0.2, -0.15) is 0 Å². The Morgan fingerprint density at radius 1 is 1.21 bits per heavy atom. The zero-order valence-corrected chi connectivity index (χ0v) is 14.6. The van der Waals surface area contributed by atoms with Crippen molar-refractivity contribution in [2.45, 2.75) is 20.8 Å². The molecule has 2 aromatic heterocycles. The first-order valence-electron chi connectivity index (χ1n) is 7.64. The maximum absolute atomic E-state index is 11.3. The molecule has 3 rings (SSSR count). The number of para-hydroxylation sites is 1. The van der Waals surface area contributed by atoms with Crippen LogP contribution in [0.15, 0.2) is 48.8 Å². The Morgan fingerprint density at radius 3 is 2.67 bits per heavy atom. The summed E-state index contributed by atoms with van der Waals surface area (Å²) in [5.41, 5.74) is 5.15. The fourth-order valence-electron chi connectivity index (χ4n) is 2.71. The molecule has 4 nitrogen and oxygen atoms in total. The molecular formula is C19H18ClN3O. The molecule has 0 atom stereocenters. The lowest BCUT2D eigenvalue weighted by atomic mass is 10.1. The Hall–Kier alpha value is -2.59. The van der Waals surface area contributed by atoms with Crippen LogP contribution >= 0.6 is 11.6 Å². The monoisotopic (exact) mass is 339 g/mol. The van der Waals surface area contributed by atoms with Crippen LogP contribution in [-0.4, -0.2) is 15.5 Å². The van der Waals surface area contributed by atoms with E-state index >= 15 is 0 Å². The zero-order chi connectivity index (χ0) is 17.3. The highest BCUT2D eigenvalue weighted by Gasteiger charge is 2.11. The van der Waals surface area contributed by atoms with Crippen molar-refractivity contribution < 1.29 is 4.79 Å². The molecule has 1 amide bonds. The Labute approximate surface area is 146 Å². The van der Waals surface area contributed by atoms with Gasteiger partial charge in [0.05, 0.1) is 10.7 Å². The fraction of sp³-hybridized carbons (Fsp3) is 0.158. The van der Waals surface area contributed by atoms with Gasteiger partial charge in [-0.3, -0.25) is 4.79 Å². The lowest BCUT2D eigenvalue weighted by Crippen LogP contribution is -2.07. The number of benzene rings is 1. The molecule has 0 saturated carbocycles. The van der Waals surface area contributed by atoms with Gasteiger partial charge < -0.3 is 9.88 Å². The van der Waals surface area contributed by atoms with Gasteiger partial charge in [0.15, 0.2) is 0 Å². The van der Waals surface area contributed by atoms with E-state index in [1.807, 2.05) is 44.2 Å². The van der Waals surface area contributed by atoms with Crippen molar-refractivity contribution in [1.29, 1.82) is 0 Å². The highest BCUT2D eigenvalue weighted by atomic mass is 35.5. The minimum atomic E-state index is -0.137. The van der Waals surface area contributed by atoms with Gasteiger partial charge in [-0.25, -0.2) is 4.98 Å². The van der Waals surface area contributed by atoms with Gasteiger partial charge in [0.2, 0.25) is 5.91 Å². The van der Waals surface area contributed by atoms with Crippen LogP contribution < -0.4 is 5.32 Å². The first-order chi connectivity index (χ1) is 11.5. The first kappa shape index (κ1) is 16.3. The van der Waals surface area contributed by atoms with Crippen molar-refractivity contribution in [3.8, 4) is 16.8 Å². The van der Waals surface area contributed by atoms with Crippen molar-refractivity contribution in [3.05, 3.63) is 65.1 Å². The topological polar surface area (TPSA) is 46.9 Å². The summed E-state index contributed by atoms with van der Waals surface area (Å²) in [6, 6.07) is 11.7. The summed E-state index contributed by atoms with van der Waals surface area (Å²) >= 11 is 6.32. The van der Waals surface area contributed by atoms with E-state index in [1.54, 1.807) is 6.20 Å². The van der Waals surface area contributed by atoms with Crippen LogP contribution in [0.2, 0.25) is 5.02 Å². The third-order valence-electron chi connectivity index (χ3n) is 3.84. The quantitative estimate of drug-likeness (QED) is 0.747. The van der Waals surface area contributed by atoms with Crippen LogP contribution in [0, 0.1) is 13.8 Å². The number of carbonyl (C=O) groups is 1. The van der Waals surface area contributed by atoms with Crippen molar-refractivity contribution in [1.82, 2.24) is 9.55 Å². The largest absolute Gasteiger partial charge is 0.319 e. The van der Waals surface area contributed by atoms with Gasteiger partial charge in [-0.1, -0.05) is 23.7 Å². The maximum Gasteiger partial charge on any atom is 0.222 e. The number of aryl methyl sites for hydroxylation is 2. The van der Waals surface area contributed by atoms with Gasteiger partial charge >= 0.3 is 0 Å². The van der Waals surface area contributed by atoms with Crippen LogP contribution in [0.5, 0.6) is 0 Å². The average molecular weight is 340 g/mol. The molecule has 3 aromatic rings. The van der Waals surface area contributed by atoms with E-state index in [2.05, 4.69) is 27.1 Å². The number of nitrogens with zero attached hydrogens (tertiary/aromatic N) is 2. The molecule has 1 aromatic carbocycles. The predicted molar refractivity (Wildman–Crippen MR) is 97.8 cm³/mol. The van der Waals surface area contributed by atoms with Crippen molar-refractivity contribution in [3.63, 3.8) is 0 Å². The molecule has 0 unspecified atom stereocenters. The lowest BCUT2D eigenvalue weighted by Gasteiger charge is -2.08. The maximum atomic E-state index is 11.3. The molecule has 2 heterocycles. The molecule has 0 saturated heterocycles. The van der Waals surface area contributed by atoms with E-state index in [0.717, 1.165) is 28.1 Å². The molecule has 5 heteroatoms. The van der Waals surface area contributed by atoms with Crippen molar-refractivity contribution in [2.24, 2.45) is 0 Å². The molecule has 0 spiro atoms. The van der Waals surface area contributed by atoms with E-state index in [9.17, 15) is 4.79 Å². The second-order valence-corrected chi connectivity index (χ2v) is 6.16. The van der Waals surface area contributed by atoms with E-state index in [0.29, 0.717) is 10.8 Å². The minimum absolute atomic E-state index is 0.137. The van der Waals surface area contributed by atoms with Gasteiger partial charge in [0.25, 0.3) is 0 Å². The number of aromatic nitrogens is 2. The molecule has 0 aliphatic rings. The summed E-state index contributed by atoms with van der Waals surface area (Å²) in [7, 11) is 0. The van der Waals surface area contributed by atoms with E-state index in [1.165, 1.54) is 6.92 Å². The third kappa shape index (κ3) is 3.19. The third-order valence-corrected chi connectivity index (χ3v) is 4.16. The second-order valence-electron chi connectivity index (χ2n) is 5.76. The normalized spacial score (nSPS) is 10.7. The predicted octanol–water partition coefficient (Wildman–Crippen LogP) is 4.77. The summed E-state index contributed by atoms with van der Waals surface area (Å²) in [4.78, 5) is 15.5. The van der Waals surface area contributed by atoms with Crippen LogP contribution in [0.3, 0.4) is 0 Å². The van der Waals surface area contributed by atoms with Crippen molar-refractivity contribution >= 4 is 23.3 Å². The number of pyridine rings is 1. The number of rotatable bonds is 3. The minimum Gasteiger partial charge on any atom is -0.319 e.